The van der Waals surface area contributed by atoms with E-state index in [1.54, 1.807) is 18.3 Å². The van der Waals surface area contributed by atoms with E-state index in [4.69, 9.17) is 0 Å². The number of non-ortho nitro benzene ring substituents is 1. The molecule has 2 aromatic rings. The van der Waals surface area contributed by atoms with Gasteiger partial charge in [0.1, 0.15) is 0 Å². The maximum atomic E-state index is 10.5. The Labute approximate surface area is 106 Å². The van der Waals surface area contributed by atoms with Gasteiger partial charge in [-0.25, -0.2) is 0 Å². The summed E-state index contributed by atoms with van der Waals surface area (Å²) in [6, 6.07) is 6.59. The van der Waals surface area contributed by atoms with E-state index < -0.39 is 4.92 Å². The van der Waals surface area contributed by atoms with Crippen LogP contribution in [-0.2, 0) is 13.0 Å². The van der Waals surface area contributed by atoms with E-state index in [2.05, 4.69) is 21.0 Å². The van der Waals surface area contributed by atoms with E-state index in [1.807, 2.05) is 10.9 Å². The van der Waals surface area contributed by atoms with Gasteiger partial charge in [0.15, 0.2) is 0 Å². The molecule has 0 N–H and O–H groups in total. The molecule has 0 saturated carbocycles. The summed E-state index contributed by atoms with van der Waals surface area (Å²) in [5, 5.41) is 14.6. The highest BCUT2D eigenvalue weighted by Crippen LogP contribution is 2.13. The molecule has 0 atom stereocenters. The molecule has 0 spiro atoms. The molecule has 6 heteroatoms. The van der Waals surface area contributed by atoms with Gasteiger partial charge in [0.2, 0.25) is 0 Å². The van der Waals surface area contributed by atoms with Crippen molar-refractivity contribution in [1.82, 2.24) is 9.78 Å². The largest absolute Gasteiger partial charge is 0.271 e. The molecule has 1 heterocycles. The molecule has 0 amide bonds. The average molecular weight is 296 g/mol. The Morgan fingerprint density at radius 2 is 2.06 bits per heavy atom. The first-order valence-corrected chi connectivity index (χ1v) is 5.86. The summed E-state index contributed by atoms with van der Waals surface area (Å²) in [7, 11) is 0. The number of hydrogen-bond donors (Lipinski definition) is 0. The second kappa shape index (κ2) is 5.09. The van der Waals surface area contributed by atoms with Crippen LogP contribution in [0, 0.1) is 10.1 Å². The van der Waals surface area contributed by atoms with Crippen molar-refractivity contribution in [3.8, 4) is 0 Å². The Hall–Kier alpha value is -1.69. The normalized spacial score (nSPS) is 10.4. The summed E-state index contributed by atoms with van der Waals surface area (Å²) in [6.45, 7) is 0.753. The number of nitro groups is 1. The van der Waals surface area contributed by atoms with Crippen LogP contribution in [0.5, 0.6) is 0 Å². The number of aryl methyl sites for hydroxylation is 2. The zero-order valence-electron chi connectivity index (χ0n) is 8.91. The van der Waals surface area contributed by atoms with Gasteiger partial charge in [-0.2, -0.15) is 5.10 Å². The topological polar surface area (TPSA) is 61.0 Å². The zero-order chi connectivity index (χ0) is 12.3. The molecule has 0 aliphatic heterocycles. The number of halogens is 1. The summed E-state index contributed by atoms with van der Waals surface area (Å²) < 4.78 is 2.77. The summed E-state index contributed by atoms with van der Waals surface area (Å²) in [4.78, 5) is 10.1. The predicted octanol–water partition coefficient (Wildman–Crippen LogP) is 2.80. The van der Waals surface area contributed by atoms with E-state index in [0.29, 0.717) is 0 Å². The maximum Gasteiger partial charge on any atom is 0.269 e. The minimum absolute atomic E-state index is 0.121. The molecular weight excluding hydrogens is 286 g/mol. The van der Waals surface area contributed by atoms with Crippen molar-refractivity contribution in [2.45, 2.75) is 13.0 Å². The van der Waals surface area contributed by atoms with Crippen molar-refractivity contribution in [1.29, 1.82) is 0 Å². The Balaban J connectivity index is 1.97. The van der Waals surface area contributed by atoms with E-state index >= 15 is 0 Å². The van der Waals surface area contributed by atoms with Gasteiger partial charge in [0.25, 0.3) is 5.69 Å². The van der Waals surface area contributed by atoms with Crippen molar-refractivity contribution < 1.29 is 4.92 Å². The SMILES string of the molecule is O=[N+]([O-])c1ccc(CCn2cc(Br)cn2)cc1. The average Bonchev–Trinajstić information content (AvgIpc) is 2.73. The van der Waals surface area contributed by atoms with E-state index in [-0.39, 0.29) is 5.69 Å². The number of hydrogen-bond acceptors (Lipinski definition) is 3. The second-order valence-electron chi connectivity index (χ2n) is 3.60. The summed E-state index contributed by atoms with van der Waals surface area (Å²) in [6.07, 6.45) is 4.42. The minimum atomic E-state index is -0.394. The van der Waals surface area contributed by atoms with Crippen LogP contribution in [0.4, 0.5) is 5.69 Å². The highest BCUT2D eigenvalue weighted by molar-refractivity contribution is 9.10. The monoisotopic (exact) mass is 295 g/mol. The summed E-state index contributed by atoms with van der Waals surface area (Å²) in [5.41, 5.74) is 1.18. The van der Waals surface area contributed by atoms with Gasteiger partial charge in [0, 0.05) is 24.9 Å². The lowest BCUT2D eigenvalue weighted by molar-refractivity contribution is -0.384. The first-order valence-electron chi connectivity index (χ1n) is 5.06. The first kappa shape index (κ1) is 11.8. The molecule has 1 aromatic heterocycles. The van der Waals surface area contributed by atoms with E-state index in [0.717, 1.165) is 23.0 Å². The predicted molar refractivity (Wildman–Crippen MR) is 66.7 cm³/mol. The number of nitro benzene ring substituents is 1. The van der Waals surface area contributed by atoms with Gasteiger partial charge in [-0.05, 0) is 27.9 Å². The van der Waals surface area contributed by atoms with Crippen LogP contribution in [0.1, 0.15) is 5.56 Å². The molecule has 88 valence electrons. The van der Waals surface area contributed by atoms with Gasteiger partial charge >= 0.3 is 0 Å². The van der Waals surface area contributed by atoms with Gasteiger partial charge in [-0.15, -0.1) is 0 Å². The van der Waals surface area contributed by atoms with Gasteiger partial charge in [-0.3, -0.25) is 14.8 Å². The molecule has 17 heavy (non-hydrogen) atoms. The minimum Gasteiger partial charge on any atom is -0.271 e. The Kier molecular flexibility index (Phi) is 3.53. The third kappa shape index (κ3) is 3.13. The van der Waals surface area contributed by atoms with Gasteiger partial charge < -0.3 is 0 Å². The lowest BCUT2D eigenvalue weighted by Crippen LogP contribution is -2.01. The molecule has 2 rings (SSSR count). The fourth-order valence-corrected chi connectivity index (χ4v) is 1.82. The lowest BCUT2D eigenvalue weighted by atomic mass is 10.1. The molecule has 0 bridgehead atoms. The van der Waals surface area contributed by atoms with Crippen molar-refractivity contribution in [2.75, 3.05) is 0 Å². The fraction of sp³-hybridized carbons (Fsp3) is 0.182. The van der Waals surface area contributed by atoms with Crippen LogP contribution in [0.25, 0.3) is 0 Å². The highest BCUT2D eigenvalue weighted by atomic mass is 79.9. The molecule has 0 radical (unpaired) electrons. The number of nitrogens with zero attached hydrogens (tertiary/aromatic N) is 3. The standard InChI is InChI=1S/C11H10BrN3O2/c12-10-7-13-14(8-10)6-5-9-1-3-11(4-2-9)15(16)17/h1-4,7-8H,5-6H2. The Morgan fingerprint density at radius 1 is 1.35 bits per heavy atom. The third-order valence-electron chi connectivity index (χ3n) is 2.38. The molecule has 0 aliphatic carbocycles. The molecule has 0 saturated heterocycles. The molecular formula is C11H10BrN3O2. The smallest absolute Gasteiger partial charge is 0.269 e. The van der Waals surface area contributed by atoms with Crippen molar-refractivity contribution in [3.63, 3.8) is 0 Å². The number of rotatable bonds is 4. The first-order chi connectivity index (χ1) is 8.15. The van der Waals surface area contributed by atoms with Crippen LogP contribution < -0.4 is 0 Å². The molecule has 1 aromatic carbocycles. The quantitative estimate of drug-likeness (QED) is 0.644. The number of aromatic nitrogens is 2. The molecule has 0 fully saturated rings. The van der Waals surface area contributed by atoms with Crippen LogP contribution in [0.15, 0.2) is 41.1 Å². The molecule has 0 unspecified atom stereocenters. The Morgan fingerprint density at radius 3 is 2.59 bits per heavy atom. The fourth-order valence-electron chi connectivity index (χ4n) is 1.49. The van der Waals surface area contributed by atoms with Gasteiger partial charge in [0.05, 0.1) is 15.6 Å². The van der Waals surface area contributed by atoms with Crippen molar-refractivity contribution in [3.05, 3.63) is 56.8 Å². The second-order valence-corrected chi connectivity index (χ2v) is 4.51. The maximum absolute atomic E-state index is 10.5. The van der Waals surface area contributed by atoms with Crippen LogP contribution >= 0.6 is 15.9 Å². The van der Waals surface area contributed by atoms with E-state index in [1.165, 1.54) is 12.1 Å². The highest BCUT2D eigenvalue weighted by Gasteiger charge is 2.04. The summed E-state index contributed by atoms with van der Waals surface area (Å²) >= 11 is 3.33. The lowest BCUT2D eigenvalue weighted by Gasteiger charge is -2.01. The molecule has 5 nitrogen and oxygen atoms in total. The van der Waals surface area contributed by atoms with Crippen molar-refractivity contribution >= 4 is 21.6 Å². The number of benzene rings is 1. The summed E-state index contributed by atoms with van der Waals surface area (Å²) in [5.74, 6) is 0. The molecule has 0 aliphatic rings. The zero-order valence-corrected chi connectivity index (χ0v) is 10.5. The third-order valence-corrected chi connectivity index (χ3v) is 2.79. The van der Waals surface area contributed by atoms with Crippen LogP contribution in [-0.4, -0.2) is 14.7 Å². The van der Waals surface area contributed by atoms with E-state index in [9.17, 15) is 10.1 Å². The van der Waals surface area contributed by atoms with Crippen LogP contribution in [0.2, 0.25) is 0 Å². The van der Waals surface area contributed by atoms with Gasteiger partial charge in [-0.1, -0.05) is 12.1 Å². The van der Waals surface area contributed by atoms with Crippen LogP contribution in [0.3, 0.4) is 0 Å². The Bertz CT molecular complexity index is 522. The van der Waals surface area contributed by atoms with Crippen molar-refractivity contribution in [2.24, 2.45) is 0 Å².